The van der Waals surface area contributed by atoms with Gasteiger partial charge in [-0.15, -0.1) is 5.10 Å². The molecule has 1 N–H and O–H groups in total. The molecule has 0 aliphatic heterocycles. The smallest absolute Gasteiger partial charge is 0.266 e. The Morgan fingerprint density at radius 3 is 2.71 bits per heavy atom. The average Bonchev–Trinajstić information content (AvgIpc) is 3.38. The first-order valence-corrected chi connectivity index (χ1v) is 13.2. The highest BCUT2D eigenvalue weighted by Crippen LogP contribution is 2.65. The van der Waals surface area contributed by atoms with Crippen molar-refractivity contribution in [3.8, 4) is 0 Å². The van der Waals surface area contributed by atoms with E-state index in [-0.39, 0.29) is 48.2 Å². The number of hydrogen-bond acceptors (Lipinski definition) is 4. The predicted molar refractivity (Wildman–Crippen MR) is 124 cm³/mol. The molecule has 8 heteroatoms. The summed E-state index contributed by atoms with van der Waals surface area (Å²) in [5, 5.41) is 18.6. The Morgan fingerprint density at radius 1 is 1.11 bits per heavy atom. The van der Waals surface area contributed by atoms with Gasteiger partial charge in [0, 0.05) is 12.0 Å². The molecule has 1 heterocycles. The fourth-order valence-corrected chi connectivity index (χ4v) is 8.96. The van der Waals surface area contributed by atoms with E-state index in [1.807, 2.05) is 0 Å². The van der Waals surface area contributed by atoms with Crippen LogP contribution in [0.15, 0.2) is 18.2 Å². The van der Waals surface area contributed by atoms with E-state index in [2.05, 4.69) is 17.2 Å². The van der Waals surface area contributed by atoms with Gasteiger partial charge in [0.25, 0.3) is 6.43 Å². The van der Waals surface area contributed by atoms with Crippen LogP contribution in [0.1, 0.15) is 64.7 Å². The van der Waals surface area contributed by atoms with E-state index in [4.69, 9.17) is 0 Å². The summed E-state index contributed by atoms with van der Waals surface area (Å²) in [5.41, 5.74) is -0.731. The van der Waals surface area contributed by atoms with E-state index >= 15 is 0 Å². The second-order valence-corrected chi connectivity index (χ2v) is 12.1. The van der Waals surface area contributed by atoms with E-state index in [1.54, 1.807) is 10.7 Å². The second-order valence-electron chi connectivity index (χ2n) is 12.1. The maximum absolute atomic E-state index is 13.5. The number of ketones is 1. The summed E-state index contributed by atoms with van der Waals surface area (Å²) in [6, 6.07) is 4.33. The van der Waals surface area contributed by atoms with Gasteiger partial charge in [0.15, 0.2) is 5.78 Å². The Kier molecular flexibility index (Phi) is 5.55. The Balaban J connectivity index is 1.18. The molecule has 0 bridgehead atoms. The number of carbonyl (C=O) groups is 1. The highest BCUT2D eigenvalue weighted by atomic mass is 19.3. The number of rotatable bonds is 4. The van der Waals surface area contributed by atoms with Crippen molar-refractivity contribution < 1.29 is 23.1 Å². The molecule has 1 unspecified atom stereocenters. The zero-order chi connectivity index (χ0) is 24.5. The lowest BCUT2D eigenvalue weighted by Crippen LogP contribution is -2.53. The molecule has 1 aromatic heterocycles. The number of carbonyl (C=O) groups excluding carboxylic acids is 1. The summed E-state index contributed by atoms with van der Waals surface area (Å²) in [5.74, 6) is 1.95. The molecule has 4 fully saturated rings. The lowest BCUT2D eigenvalue weighted by Gasteiger charge is -2.57. The number of alkyl halides is 2. The van der Waals surface area contributed by atoms with Crippen molar-refractivity contribution in [1.29, 1.82) is 0 Å². The van der Waals surface area contributed by atoms with Gasteiger partial charge in [0.1, 0.15) is 23.5 Å². The fourth-order valence-electron chi connectivity index (χ4n) is 8.96. The van der Waals surface area contributed by atoms with Crippen LogP contribution in [-0.2, 0) is 11.3 Å². The highest BCUT2D eigenvalue weighted by molar-refractivity contribution is 5.84. The van der Waals surface area contributed by atoms with Crippen molar-refractivity contribution in [2.75, 3.05) is 0 Å². The first-order chi connectivity index (χ1) is 16.7. The molecule has 0 spiro atoms. The molecule has 0 amide bonds. The molecule has 4 aliphatic rings. The molecule has 2 aromatic rings. The monoisotopic (exact) mass is 489 g/mol. The number of hydrogen-bond donors (Lipinski definition) is 1. The minimum Gasteiger partial charge on any atom is -0.384 e. The van der Waals surface area contributed by atoms with Crippen LogP contribution in [0.5, 0.6) is 0 Å². The maximum Gasteiger partial charge on any atom is 0.266 e. The van der Waals surface area contributed by atoms with Crippen molar-refractivity contribution in [3.63, 3.8) is 0 Å². The van der Waals surface area contributed by atoms with Gasteiger partial charge in [-0.2, -0.15) is 0 Å². The van der Waals surface area contributed by atoms with Gasteiger partial charge in [-0.25, -0.2) is 17.9 Å². The van der Waals surface area contributed by atoms with Crippen molar-refractivity contribution in [2.24, 2.45) is 40.9 Å². The highest BCUT2D eigenvalue weighted by Gasteiger charge is 2.59. The standard InChI is InChI=1S/C27H34F3N3O2/c1-26-10-8-18-17-9-11-27(35,25(29)30)13-15(17)2-4-19(18)20(26)5-6-21(26)24(34)14-33-23-7-3-16(28)12-22(23)31-32-33/h3,7,12,15,17-21,25,35H,2,4-6,8-11,13-14H2,1H3/t15-,17+,18-,19?,20+,21-,26+,27-/m1/s1. The molecular formula is C27H34F3N3O2. The van der Waals surface area contributed by atoms with Gasteiger partial charge >= 0.3 is 0 Å². The molecule has 8 atom stereocenters. The Bertz CT molecular complexity index is 1140. The first-order valence-electron chi connectivity index (χ1n) is 13.2. The van der Waals surface area contributed by atoms with Crippen LogP contribution < -0.4 is 0 Å². The van der Waals surface area contributed by atoms with Crippen molar-refractivity contribution in [1.82, 2.24) is 15.0 Å². The minimum absolute atomic E-state index is 0.0267. The summed E-state index contributed by atoms with van der Waals surface area (Å²) in [6.07, 6.45) is 4.34. The lowest BCUT2D eigenvalue weighted by atomic mass is 9.49. The maximum atomic E-state index is 13.5. The van der Waals surface area contributed by atoms with Crippen molar-refractivity contribution >= 4 is 16.8 Å². The quantitative estimate of drug-likeness (QED) is 0.624. The zero-order valence-electron chi connectivity index (χ0n) is 20.2. The van der Waals surface area contributed by atoms with Gasteiger partial charge in [0.2, 0.25) is 0 Å². The molecule has 190 valence electrons. The lowest BCUT2D eigenvalue weighted by molar-refractivity contribution is -0.160. The number of fused-ring (bicyclic) bond motifs is 6. The Labute approximate surface area is 203 Å². The molecule has 1 aromatic carbocycles. The molecular weight excluding hydrogens is 455 g/mol. The first kappa shape index (κ1) is 23.4. The molecule has 6 rings (SSSR count). The number of aromatic nitrogens is 3. The number of nitrogens with zero attached hydrogens (tertiary/aromatic N) is 3. The number of halogens is 3. The SMILES string of the molecule is C[C@]12CC[C@H]3C(CC[C@@H]4C[C@@](O)(C(F)F)CC[C@@H]43)[C@@H]1CC[C@@H]2C(=O)Cn1nnc2cc(F)ccc21. The summed E-state index contributed by atoms with van der Waals surface area (Å²) < 4.78 is 42.1. The van der Waals surface area contributed by atoms with Gasteiger partial charge in [-0.3, -0.25) is 4.79 Å². The topological polar surface area (TPSA) is 68.0 Å². The number of Topliss-reactive ketones (excluding diaryl/α,β-unsaturated/α-hetero) is 1. The third-order valence-corrected chi connectivity index (χ3v) is 10.6. The Morgan fingerprint density at radius 2 is 1.91 bits per heavy atom. The molecule has 0 radical (unpaired) electrons. The summed E-state index contributed by atoms with van der Waals surface area (Å²) in [4.78, 5) is 13.5. The third-order valence-electron chi connectivity index (χ3n) is 10.6. The van der Waals surface area contributed by atoms with Gasteiger partial charge < -0.3 is 5.11 Å². The van der Waals surface area contributed by atoms with Crippen molar-refractivity contribution in [3.05, 3.63) is 24.0 Å². The fraction of sp³-hybridized carbons (Fsp3) is 0.741. The molecule has 0 saturated heterocycles. The number of aliphatic hydroxyl groups is 1. The van der Waals surface area contributed by atoms with Gasteiger partial charge in [-0.05, 0) is 105 Å². The molecule has 35 heavy (non-hydrogen) atoms. The van der Waals surface area contributed by atoms with E-state index in [9.17, 15) is 23.1 Å². The predicted octanol–water partition coefficient (Wildman–Crippen LogP) is 5.40. The minimum atomic E-state index is -2.67. The molecule has 5 nitrogen and oxygen atoms in total. The molecule has 4 aliphatic carbocycles. The van der Waals surface area contributed by atoms with E-state index in [1.165, 1.54) is 12.1 Å². The van der Waals surface area contributed by atoms with Crippen molar-refractivity contribution in [2.45, 2.75) is 83.3 Å². The van der Waals surface area contributed by atoms with E-state index < -0.39 is 12.0 Å². The summed E-state index contributed by atoms with van der Waals surface area (Å²) in [7, 11) is 0. The number of benzene rings is 1. The molecule has 4 saturated carbocycles. The van der Waals surface area contributed by atoms with Gasteiger partial charge in [0.05, 0.1) is 5.52 Å². The largest absolute Gasteiger partial charge is 0.384 e. The van der Waals surface area contributed by atoms with Crippen LogP contribution in [-0.4, -0.2) is 37.9 Å². The van der Waals surface area contributed by atoms with Crippen LogP contribution in [0.4, 0.5) is 13.2 Å². The van der Waals surface area contributed by atoms with Gasteiger partial charge in [-0.1, -0.05) is 12.1 Å². The summed E-state index contributed by atoms with van der Waals surface area (Å²) >= 11 is 0. The van der Waals surface area contributed by atoms with Crippen LogP contribution in [0.3, 0.4) is 0 Å². The summed E-state index contributed by atoms with van der Waals surface area (Å²) in [6.45, 7) is 2.45. The van der Waals surface area contributed by atoms with Crippen LogP contribution in [0.25, 0.3) is 11.0 Å². The van der Waals surface area contributed by atoms with Crippen LogP contribution in [0, 0.1) is 46.7 Å². The van der Waals surface area contributed by atoms with E-state index in [0.717, 1.165) is 38.5 Å². The average molecular weight is 490 g/mol. The Hall–Kier alpha value is -1.96. The third kappa shape index (κ3) is 3.65. The second kappa shape index (κ2) is 8.29. The zero-order valence-corrected chi connectivity index (χ0v) is 20.2. The van der Waals surface area contributed by atoms with Crippen LogP contribution in [0.2, 0.25) is 0 Å². The van der Waals surface area contributed by atoms with E-state index in [0.29, 0.717) is 41.1 Å². The normalized spacial score (nSPS) is 41.0. The van der Waals surface area contributed by atoms with Crippen LogP contribution >= 0.6 is 0 Å².